The number of ether oxygens (including phenoxy) is 2. The number of hydrogen-bond donors (Lipinski definition) is 0. The van der Waals surface area contributed by atoms with Gasteiger partial charge in [0, 0.05) is 18.5 Å². The molecule has 0 N–H and O–H groups in total. The molecule has 1 aliphatic heterocycles. The molecule has 0 aromatic heterocycles. The number of rotatable bonds is 5. The quantitative estimate of drug-likeness (QED) is 0.814. The molecule has 4 nitrogen and oxygen atoms in total. The van der Waals surface area contributed by atoms with Crippen LogP contribution in [0.4, 0.5) is 0 Å². The van der Waals surface area contributed by atoms with Crippen LogP contribution >= 0.6 is 11.6 Å². The Balaban J connectivity index is 1.58. The normalized spacial score (nSPS) is 13.6. The standard InChI is InChI=1S/C19H20ClNO3/c1-13(15-5-7-16(20)8-6-15)21(2)19(22)10-4-14-3-9-17-18(11-14)24-12-23-17/h3,5-9,11,13H,4,10,12H2,1-2H3/t13-/m0/s1. The van der Waals surface area contributed by atoms with Gasteiger partial charge in [-0.2, -0.15) is 0 Å². The van der Waals surface area contributed by atoms with Gasteiger partial charge in [0.05, 0.1) is 6.04 Å². The molecule has 1 heterocycles. The largest absolute Gasteiger partial charge is 0.454 e. The number of benzene rings is 2. The van der Waals surface area contributed by atoms with Crippen LogP contribution in [-0.4, -0.2) is 24.6 Å². The summed E-state index contributed by atoms with van der Waals surface area (Å²) in [5, 5.41) is 0.697. The molecule has 0 bridgehead atoms. The summed E-state index contributed by atoms with van der Waals surface area (Å²) in [6, 6.07) is 13.4. The first kappa shape index (κ1) is 16.7. The Labute approximate surface area is 146 Å². The molecule has 0 fully saturated rings. The molecule has 2 aromatic rings. The van der Waals surface area contributed by atoms with Crippen LogP contribution < -0.4 is 9.47 Å². The molecular weight excluding hydrogens is 326 g/mol. The molecule has 0 aliphatic carbocycles. The molecule has 1 aliphatic rings. The highest BCUT2D eigenvalue weighted by atomic mass is 35.5. The fraction of sp³-hybridized carbons (Fsp3) is 0.316. The minimum atomic E-state index is 0.00604. The van der Waals surface area contributed by atoms with Gasteiger partial charge in [-0.1, -0.05) is 29.8 Å². The summed E-state index contributed by atoms with van der Waals surface area (Å²) in [6.07, 6.45) is 1.13. The van der Waals surface area contributed by atoms with E-state index in [0.29, 0.717) is 17.9 Å². The topological polar surface area (TPSA) is 38.8 Å². The fourth-order valence-corrected chi connectivity index (χ4v) is 2.83. The molecule has 3 rings (SSSR count). The van der Waals surface area contributed by atoms with Crippen molar-refractivity contribution in [3.05, 3.63) is 58.6 Å². The highest BCUT2D eigenvalue weighted by Crippen LogP contribution is 2.33. The van der Waals surface area contributed by atoms with Gasteiger partial charge in [-0.15, -0.1) is 0 Å². The summed E-state index contributed by atoms with van der Waals surface area (Å²) in [4.78, 5) is 14.2. The zero-order chi connectivity index (χ0) is 17.1. The molecule has 2 aromatic carbocycles. The van der Waals surface area contributed by atoms with E-state index in [-0.39, 0.29) is 18.7 Å². The third kappa shape index (κ3) is 3.65. The monoisotopic (exact) mass is 345 g/mol. The lowest BCUT2D eigenvalue weighted by atomic mass is 10.1. The number of nitrogens with zero attached hydrogens (tertiary/aromatic N) is 1. The highest BCUT2D eigenvalue weighted by molar-refractivity contribution is 6.30. The number of amides is 1. The molecule has 1 atom stereocenters. The minimum Gasteiger partial charge on any atom is -0.454 e. The van der Waals surface area contributed by atoms with Crippen LogP contribution in [0.5, 0.6) is 11.5 Å². The Hall–Kier alpha value is -2.20. The lowest BCUT2D eigenvalue weighted by Gasteiger charge is -2.25. The SMILES string of the molecule is C[C@@H](c1ccc(Cl)cc1)N(C)C(=O)CCc1ccc2c(c1)OCO2. The maximum Gasteiger partial charge on any atom is 0.231 e. The number of aryl methyl sites for hydroxylation is 1. The smallest absolute Gasteiger partial charge is 0.231 e. The number of halogens is 1. The van der Waals surface area contributed by atoms with Crippen molar-refractivity contribution in [2.24, 2.45) is 0 Å². The molecule has 0 spiro atoms. The van der Waals surface area contributed by atoms with Crippen molar-refractivity contribution in [1.82, 2.24) is 4.90 Å². The van der Waals surface area contributed by atoms with Gasteiger partial charge in [0.15, 0.2) is 11.5 Å². The molecule has 24 heavy (non-hydrogen) atoms. The Bertz CT molecular complexity index is 730. The van der Waals surface area contributed by atoms with Crippen LogP contribution in [0.1, 0.15) is 30.5 Å². The minimum absolute atomic E-state index is 0.00604. The van der Waals surface area contributed by atoms with Crippen molar-refractivity contribution in [2.75, 3.05) is 13.8 Å². The average Bonchev–Trinajstić information content (AvgIpc) is 3.06. The molecule has 0 unspecified atom stereocenters. The Morgan fingerprint density at radius 1 is 1.17 bits per heavy atom. The lowest BCUT2D eigenvalue weighted by molar-refractivity contribution is -0.131. The van der Waals surface area contributed by atoms with Crippen LogP contribution in [-0.2, 0) is 11.2 Å². The van der Waals surface area contributed by atoms with Crippen molar-refractivity contribution in [2.45, 2.75) is 25.8 Å². The van der Waals surface area contributed by atoms with E-state index >= 15 is 0 Å². The predicted octanol–water partition coefficient (Wildman–Crippen LogP) is 4.22. The maximum atomic E-state index is 12.5. The molecule has 0 saturated carbocycles. The summed E-state index contributed by atoms with van der Waals surface area (Å²) >= 11 is 5.92. The summed E-state index contributed by atoms with van der Waals surface area (Å²) < 4.78 is 10.7. The van der Waals surface area contributed by atoms with E-state index in [0.717, 1.165) is 22.6 Å². The van der Waals surface area contributed by atoms with Gasteiger partial charge >= 0.3 is 0 Å². The van der Waals surface area contributed by atoms with Crippen LogP contribution in [0.25, 0.3) is 0 Å². The molecule has 5 heteroatoms. The molecule has 126 valence electrons. The molecular formula is C19H20ClNO3. The van der Waals surface area contributed by atoms with Gasteiger partial charge in [-0.3, -0.25) is 4.79 Å². The number of carbonyl (C=O) groups is 1. The van der Waals surface area contributed by atoms with Crippen molar-refractivity contribution >= 4 is 17.5 Å². The van der Waals surface area contributed by atoms with Gasteiger partial charge in [0.2, 0.25) is 12.7 Å². The average molecular weight is 346 g/mol. The summed E-state index contributed by atoms with van der Waals surface area (Å²) in [6.45, 7) is 2.28. The second-order valence-electron chi connectivity index (χ2n) is 5.92. The summed E-state index contributed by atoms with van der Waals surface area (Å²) in [5.41, 5.74) is 2.14. The van der Waals surface area contributed by atoms with Gasteiger partial charge in [0.25, 0.3) is 0 Å². The van der Waals surface area contributed by atoms with Crippen LogP contribution in [0.2, 0.25) is 5.02 Å². The van der Waals surface area contributed by atoms with Gasteiger partial charge in [-0.05, 0) is 48.7 Å². The van der Waals surface area contributed by atoms with Crippen LogP contribution in [0, 0.1) is 0 Å². The van der Waals surface area contributed by atoms with E-state index in [1.165, 1.54) is 0 Å². The number of hydrogen-bond acceptors (Lipinski definition) is 3. The highest BCUT2D eigenvalue weighted by Gasteiger charge is 2.18. The Morgan fingerprint density at radius 3 is 2.62 bits per heavy atom. The lowest BCUT2D eigenvalue weighted by Crippen LogP contribution is -2.29. The number of fused-ring (bicyclic) bond motifs is 1. The van der Waals surface area contributed by atoms with Crippen molar-refractivity contribution < 1.29 is 14.3 Å². The van der Waals surface area contributed by atoms with Gasteiger partial charge in [0.1, 0.15) is 0 Å². The van der Waals surface area contributed by atoms with Crippen molar-refractivity contribution in [3.63, 3.8) is 0 Å². The summed E-state index contributed by atoms with van der Waals surface area (Å²) in [5.74, 6) is 1.62. The Kier molecular flexibility index (Phi) is 4.95. The predicted molar refractivity (Wildman–Crippen MR) is 93.5 cm³/mol. The molecule has 1 amide bonds. The van der Waals surface area contributed by atoms with E-state index in [2.05, 4.69) is 0 Å². The van der Waals surface area contributed by atoms with Crippen LogP contribution in [0.3, 0.4) is 0 Å². The molecule has 0 saturated heterocycles. The van der Waals surface area contributed by atoms with Gasteiger partial charge < -0.3 is 14.4 Å². The third-order valence-corrected chi connectivity index (χ3v) is 4.64. The van der Waals surface area contributed by atoms with Crippen molar-refractivity contribution in [1.29, 1.82) is 0 Å². The maximum absolute atomic E-state index is 12.5. The Morgan fingerprint density at radius 2 is 1.88 bits per heavy atom. The first-order chi connectivity index (χ1) is 11.5. The first-order valence-electron chi connectivity index (χ1n) is 7.94. The van der Waals surface area contributed by atoms with E-state index in [4.69, 9.17) is 21.1 Å². The van der Waals surface area contributed by atoms with E-state index in [1.54, 1.807) is 4.90 Å². The first-order valence-corrected chi connectivity index (χ1v) is 8.32. The number of carbonyl (C=O) groups excluding carboxylic acids is 1. The zero-order valence-electron chi connectivity index (χ0n) is 13.8. The second-order valence-corrected chi connectivity index (χ2v) is 6.36. The third-order valence-electron chi connectivity index (χ3n) is 4.39. The van der Waals surface area contributed by atoms with Crippen LogP contribution in [0.15, 0.2) is 42.5 Å². The molecule has 0 radical (unpaired) electrons. The van der Waals surface area contributed by atoms with E-state index < -0.39 is 0 Å². The van der Waals surface area contributed by atoms with E-state index in [9.17, 15) is 4.79 Å². The summed E-state index contributed by atoms with van der Waals surface area (Å²) in [7, 11) is 1.83. The van der Waals surface area contributed by atoms with E-state index in [1.807, 2.05) is 56.4 Å². The van der Waals surface area contributed by atoms with Crippen molar-refractivity contribution in [3.8, 4) is 11.5 Å². The second kappa shape index (κ2) is 7.14. The van der Waals surface area contributed by atoms with Gasteiger partial charge in [-0.25, -0.2) is 0 Å². The fourth-order valence-electron chi connectivity index (χ4n) is 2.70. The zero-order valence-corrected chi connectivity index (χ0v) is 14.5.